The van der Waals surface area contributed by atoms with Gasteiger partial charge in [-0.15, -0.1) is 0 Å². The molecule has 0 amide bonds. The van der Waals surface area contributed by atoms with Gasteiger partial charge in [0.05, 0.1) is 0 Å². The smallest absolute Gasteiger partial charge is 0.350 e. The molecule has 0 aromatic carbocycles. The Morgan fingerprint density at radius 3 is 2.00 bits per heavy atom. The summed E-state index contributed by atoms with van der Waals surface area (Å²) in [5.41, 5.74) is 0. The lowest BCUT2D eigenvalue weighted by atomic mass is 10.5. The molecule has 0 N–H and O–H groups in total. The van der Waals surface area contributed by atoms with Crippen LogP contribution in [-0.4, -0.2) is 6.29 Å². The molecule has 0 aromatic rings. The van der Waals surface area contributed by atoms with Gasteiger partial charge in [0.25, 0.3) is 0 Å². The van der Waals surface area contributed by atoms with Crippen LogP contribution in [0.1, 0.15) is 13.3 Å². The number of hydrogen-bond acceptors (Lipinski definition) is 2. The van der Waals surface area contributed by atoms with Crippen molar-refractivity contribution in [2.75, 3.05) is 0 Å². The predicted molar refractivity (Wildman–Crippen MR) is 25.5 cm³/mol. The van der Waals surface area contributed by atoms with Gasteiger partial charge in [-0.3, -0.25) is 0 Å². The maximum atomic E-state index is 11.9. The van der Waals surface area contributed by atoms with Gasteiger partial charge < -0.3 is 9.47 Å². The van der Waals surface area contributed by atoms with Crippen LogP contribution in [0.15, 0.2) is 12.0 Å². The molecule has 52 valence electrons. The maximum Gasteiger partial charge on any atom is 0.350 e. The van der Waals surface area contributed by atoms with Crippen LogP contribution < -0.4 is 0 Å². The fraction of sp³-hybridized carbons (Fsp3) is 0.600. The van der Waals surface area contributed by atoms with Gasteiger partial charge in [0, 0.05) is 6.42 Å². The maximum absolute atomic E-state index is 11.9. The molecule has 0 unspecified atom stereocenters. The average Bonchev–Trinajstić information content (AvgIpc) is 2.13. The van der Waals surface area contributed by atoms with Crippen molar-refractivity contribution in [2.24, 2.45) is 0 Å². The molecule has 1 heterocycles. The monoisotopic (exact) mass is 136 g/mol. The molecule has 0 aliphatic carbocycles. The lowest BCUT2D eigenvalue weighted by molar-refractivity contribution is -0.0620. The zero-order chi connectivity index (χ0) is 6.85. The second-order valence-electron chi connectivity index (χ2n) is 1.62. The first kappa shape index (κ1) is 6.32. The van der Waals surface area contributed by atoms with Crippen LogP contribution in [-0.2, 0) is 9.47 Å². The van der Waals surface area contributed by atoms with Gasteiger partial charge in [-0.2, -0.15) is 8.78 Å². The van der Waals surface area contributed by atoms with Crippen molar-refractivity contribution in [3.8, 4) is 0 Å². The van der Waals surface area contributed by atoms with Crippen LogP contribution in [0.2, 0.25) is 0 Å². The zero-order valence-corrected chi connectivity index (χ0v) is 4.86. The topological polar surface area (TPSA) is 18.5 Å². The van der Waals surface area contributed by atoms with E-state index in [4.69, 9.17) is 0 Å². The quantitative estimate of drug-likeness (QED) is 0.547. The van der Waals surface area contributed by atoms with Crippen molar-refractivity contribution < 1.29 is 18.3 Å². The number of rotatable bonds is 1. The first-order chi connectivity index (χ1) is 4.24. The predicted octanol–water partition coefficient (Wildman–Crippen LogP) is 1.83. The molecule has 0 aromatic heterocycles. The van der Waals surface area contributed by atoms with E-state index < -0.39 is 18.3 Å². The molecule has 0 spiro atoms. The van der Waals surface area contributed by atoms with Gasteiger partial charge in [0.15, 0.2) is 0 Å². The molecule has 1 aliphatic rings. The number of hydrogen-bond donors (Lipinski definition) is 0. The fourth-order valence-corrected chi connectivity index (χ4v) is 0.514. The van der Waals surface area contributed by atoms with Crippen molar-refractivity contribution in [1.82, 2.24) is 0 Å². The molecule has 0 radical (unpaired) electrons. The normalized spacial score (nSPS) is 19.9. The molecule has 1 rings (SSSR count). The number of halogens is 2. The van der Waals surface area contributed by atoms with Crippen LogP contribution in [0.5, 0.6) is 0 Å². The summed E-state index contributed by atoms with van der Waals surface area (Å²) < 4.78 is 32.3. The minimum absolute atomic E-state index is 0.431. The highest BCUT2D eigenvalue weighted by molar-refractivity contribution is 4.88. The summed E-state index contributed by atoms with van der Waals surface area (Å²) in [6.07, 6.45) is -0.342. The second kappa shape index (κ2) is 2.21. The van der Waals surface area contributed by atoms with E-state index >= 15 is 0 Å². The Morgan fingerprint density at radius 1 is 1.33 bits per heavy atom. The largest absolute Gasteiger partial charge is 0.426 e. The van der Waals surface area contributed by atoms with E-state index in [2.05, 4.69) is 9.47 Å². The van der Waals surface area contributed by atoms with E-state index in [-0.39, 0.29) is 0 Å². The summed E-state index contributed by atoms with van der Waals surface area (Å²) in [6, 6.07) is -2.50. The van der Waals surface area contributed by atoms with E-state index in [1.54, 1.807) is 6.92 Å². The summed E-state index contributed by atoms with van der Waals surface area (Å²) in [5.74, 6) is 0. The lowest BCUT2D eigenvalue weighted by Gasteiger charge is -2.04. The van der Waals surface area contributed by atoms with Gasteiger partial charge in [-0.1, -0.05) is 6.92 Å². The highest BCUT2D eigenvalue weighted by Gasteiger charge is 2.25. The van der Waals surface area contributed by atoms with Crippen molar-refractivity contribution in [3.63, 3.8) is 0 Å². The van der Waals surface area contributed by atoms with E-state index in [0.29, 0.717) is 6.42 Å². The third-order valence-corrected chi connectivity index (χ3v) is 0.958. The van der Waals surface area contributed by atoms with Gasteiger partial charge in [0.1, 0.15) is 0 Å². The standard InChI is InChI=1S/C5H6F2O2/c1-2-3-8-4(6)5(7)9-3/h3H,2H2,1H3. The first-order valence-electron chi connectivity index (χ1n) is 2.62. The Morgan fingerprint density at radius 2 is 1.78 bits per heavy atom. The summed E-state index contributed by atoms with van der Waals surface area (Å²) in [5, 5.41) is 0. The van der Waals surface area contributed by atoms with Crippen molar-refractivity contribution in [1.29, 1.82) is 0 Å². The molecule has 0 saturated heterocycles. The summed E-state index contributed by atoms with van der Waals surface area (Å²) in [6.45, 7) is 1.70. The molecule has 0 bridgehead atoms. The van der Waals surface area contributed by atoms with Crippen LogP contribution in [0.25, 0.3) is 0 Å². The molecule has 4 heteroatoms. The Kier molecular flexibility index (Phi) is 1.55. The highest BCUT2D eigenvalue weighted by Crippen LogP contribution is 2.24. The van der Waals surface area contributed by atoms with Crippen LogP contribution in [0.4, 0.5) is 8.78 Å². The molecule has 2 nitrogen and oxygen atoms in total. The van der Waals surface area contributed by atoms with E-state index in [1.165, 1.54) is 0 Å². The van der Waals surface area contributed by atoms with Crippen molar-refractivity contribution >= 4 is 0 Å². The highest BCUT2D eigenvalue weighted by atomic mass is 19.2. The summed E-state index contributed by atoms with van der Waals surface area (Å²) >= 11 is 0. The average molecular weight is 136 g/mol. The number of ether oxygens (including phenoxy) is 2. The van der Waals surface area contributed by atoms with Crippen LogP contribution in [0, 0.1) is 0 Å². The Bertz CT molecular complexity index is 130. The van der Waals surface area contributed by atoms with Crippen molar-refractivity contribution in [2.45, 2.75) is 19.6 Å². The molecule has 0 atom stereocenters. The van der Waals surface area contributed by atoms with Crippen molar-refractivity contribution in [3.05, 3.63) is 12.0 Å². The summed E-state index contributed by atoms with van der Waals surface area (Å²) in [4.78, 5) is 0. The van der Waals surface area contributed by atoms with Crippen LogP contribution >= 0.6 is 0 Å². The molecule has 1 aliphatic heterocycles. The lowest BCUT2D eigenvalue weighted by Crippen LogP contribution is -2.05. The first-order valence-corrected chi connectivity index (χ1v) is 2.62. The van der Waals surface area contributed by atoms with Crippen LogP contribution in [0.3, 0.4) is 0 Å². The van der Waals surface area contributed by atoms with Gasteiger partial charge in [-0.25, -0.2) is 0 Å². The zero-order valence-electron chi connectivity index (χ0n) is 4.86. The molecule has 9 heavy (non-hydrogen) atoms. The minimum Gasteiger partial charge on any atom is -0.426 e. The van der Waals surface area contributed by atoms with Gasteiger partial charge in [-0.05, 0) is 0 Å². The fourth-order valence-electron chi connectivity index (χ4n) is 0.514. The Balaban J connectivity index is 2.48. The van der Waals surface area contributed by atoms with E-state index in [1.807, 2.05) is 0 Å². The molecule has 0 fully saturated rings. The Labute approximate surface area is 51.1 Å². The minimum atomic E-state index is -1.25. The molecular weight excluding hydrogens is 130 g/mol. The van der Waals surface area contributed by atoms with E-state index in [0.717, 1.165) is 0 Å². The van der Waals surface area contributed by atoms with E-state index in [9.17, 15) is 8.78 Å². The Hall–Kier alpha value is -0.800. The molecular formula is C5H6F2O2. The third kappa shape index (κ3) is 1.12. The molecule has 0 saturated carbocycles. The second-order valence-corrected chi connectivity index (χ2v) is 1.62. The summed E-state index contributed by atoms with van der Waals surface area (Å²) in [7, 11) is 0. The van der Waals surface area contributed by atoms with Gasteiger partial charge >= 0.3 is 12.0 Å². The SMILES string of the molecule is CCC1OC(F)=C(F)O1. The van der Waals surface area contributed by atoms with Gasteiger partial charge in [0.2, 0.25) is 6.29 Å². The third-order valence-electron chi connectivity index (χ3n) is 0.958.